The number of rotatable bonds is 6. The molecule has 0 saturated heterocycles. The van der Waals surface area contributed by atoms with Crippen LogP contribution in [0.5, 0.6) is 11.5 Å². The van der Waals surface area contributed by atoms with Gasteiger partial charge in [0.05, 0.1) is 12.8 Å². The van der Waals surface area contributed by atoms with E-state index in [9.17, 15) is 4.79 Å². The number of amides is 1. The Labute approximate surface area is 148 Å². The summed E-state index contributed by atoms with van der Waals surface area (Å²) < 4.78 is 10.6. The summed E-state index contributed by atoms with van der Waals surface area (Å²) in [4.78, 5) is 11.9. The SMILES string of the molecule is COc1ccc(NC(=O)COc2ccc(C(C)C)cc2)cc1N.Cl. The van der Waals surface area contributed by atoms with Crippen molar-refractivity contribution < 1.29 is 14.3 Å². The molecule has 5 nitrogen and oxygen atoms in total. The fraction of sp³-hybridized carbons (Fsp3) is 0.278. The molecule has 0 radical (unpaired) electrons. The van der Waals surface area contributed by atoms with Crippen LogP contribution in [0.3, 0.4) is 0 Å². The molecule has 0 heterocycles. The van der Waals surface area contributed by atoms with Crippen LogP contribution in [-0.2, 0) is 4.79 Å². The van der Waals surface area contributed by atoms with Crippen molar-refractivity contribution in [3.8, 4) is 11.5 Å². The normalized spacial score (nSPS) is 10.0. The van der Waals surface area contributed by atoms with Crippen LogP contribution in [-0.4, -0.2) is 19.6 Å². The number of nitrogens with one attached hydrogen (secondary N) is 1. The molecule has 0 atom stereocenters. The number of carbonyl (C=O) groups excluding carboxylic acids is 1. The second-order valence-corrected chi connectivity index (χ2v) is 5.52. The largest absolute Gasteiger partial charge is 0.495 e. The Morgan fingerprint density at radius 3 is 2.38 bits per heavy atom. The average molecular weight is 351 g/mol. The zero-order valence-corrected chi connectivity index (χ0v) is 14.9. The number of benzene rings is 2. The molecular weight excluding hydrogens is 328 g/mol. The third-order valence-corrected chi connectivity index (χ3v) is 3.43. The predicted octanol–water partition coefficient (Wildman–Crippen LogP) is 3.84. The maximum absolute atomic E-state index is 11.9. The molecule has 0 aliphatic rings. The highest BCUT2D eigenvalue weighted by Crippen LogP contribution is 2.24. The molecule has 2 rings (SSSR count). The van der Waals surface area contributed by atoms with Crippen molar-refractivity contribution in [2.24, 2.45) is 0 Å². The van der Waals surface area contributed by atoms with Gasteiger partial charge in [0.1, 0.15) is 11.5 Å². The van der Waals surface area contributed by atoms with Crippen molar-refractivity contribution in [2.45, 2.75) is 19.8 Å². The van der Waals surface area contributed by atoms with E-state index in [2.05, 4.69) is 19.2 Å². The van der Waals surface area contributed by atoms with Crippen LogP contribution < -0.4 is 20.5 Å². The minimum absolute atomic E-state index is 0. The lowest BCUT2D eigenvalue weighted by atomic mass is 10.0. The average Bonchev–Trinajstić information content (AvgIpc) is 2.53. The molecule has 2 aromatic rings. The molecule has 0 unspecified atom stereocenters. The fourth-order valence-corrected chi connectivity index (χ4v) is 2.11. The van der Waals surface area contributed by atoms with Crippen molar-refractivity contribution in [3.05, 3.63) is 48.0 Å². The smallest absolute Gasteiger partial charge is 0.262 e. The molecule has 0 aliphatic carbocycles. The van der Waals surface area contributed by atoms with Gasteiger partial charge in [0.2, 0.25) is 0 Å². The van der Waals surface area contributed by atoms with Gasteiger partial charge in [-0.3, -0.25) is 4.79 Å². The summed E-state index contributed by atoms with van der Waals surface area (Å²) >= 11 is 0. The number of methoxy groups -OCH3 is 1. The molecule has 0 bridgehead atoms. The molecule has 0 spiro atoms. The maximum Gasteiger partial charge on any atom is 0.262 e. The van der Waals surface area contributed by atoms with Gasteiger partial charge in [0.25, 0.3) is 5.91 Å². The van der Waals surface area contributed by atoms with Crippen molar-refractivity contribution in [3.63, 3.8) is 0 Å². The van der Waals surface area contributed by atoms with Gasteiger partial charge in [-0.2, -0.15) is 0 Å². The summed E-state index contributed by atoms with van der Waals surface area (Å²) in [6.45, 7) is 4.20. The number of carbonyl (C=O) groups is 1. The van der Waals surface area contributed by atoms with Crippen LogP contribution in [0.25, 0.3) is 0 Å². The van der Waals surface area contributed by atoms with E-state index in [0.717, 1.165) is 0 Å². The van der Waals surface area contributed by atoms with E-state index in [1.807, 2.05) is 24.3 Å². The number of halogens is 1. The van der Waals surface area contributed by atoms with E-state index in [4.69, 9.17) is 15.2 Å². The van der Waals surface area contributed by atoms with Crippen LogP contribution in [0.2, 0.25) is 0 Å². The van der Waals surface area contributed by atoms with Crippen molar-refractivity contribution in [1.82, 2.24) is 0 Å². The Hall–Kier alpha value is -2.40. The second kappa shape index (κ2) is 9.03. The van der Waals surface area contributed by atoms with Crippen LogP contribution in [0.15, 0.2) is 42.5 Å². The molecule has 0 aromatic heterocycles. The third kappa shape index (κ3) is 5.35. The summed E-state index contributed by atoms with van der Waals surface area (Å²) in [6, 6.07) is 12.8. The van der Waals surface area contributed by atoms with Crippen LogP contribution in [0, 0.1) is 0 Å². The highest BCUT2D eigenvalue weighted by atomic mass is 35.5. The molecule has 2 aromatic carbocycles. The van der Waals surface area contributed by atoms with Crippen molar-refractivity contribution in [1.29, 1.82) is 0 Å². The summed E-state index contributed by atoms with van der Waals surface area (Å²) in [5.41, 5.74) is 8.11. The number of ether oxygens (including phenoxy) is 2. The minimum atomic E-state index is -0.248. The van der Waals surface area contributed by atoms with Gasteiger partial charge in [-0.25, -0.2) is 0 Å². The van der Waals surface area contributed by atoms with Gasteiger partial charge >= 0.3 is 0 Å². The van der Waals surface area contributed by atoms with Crippen molar-refractivity contribution in [2.75, 3.05) is 24.8 Å². The Morgan fingerprint density at radius 1 is 1.17 bits per heavy atom. The minimum Gasteiger partial charge on any atom is -0.495 e. The monoisotopic (exact) mass is 350 g/mol. The number of hydrogen-bond donors (Lipinski definition) is 2. The van der Waals surface area contributed by atoms with Gasteiger partial charge in [0.15, 0.2) is 6.61 Å². The summed E-state index contributed by atoms with van der Waals surface area (Å²) in [6.07, 6.45) is 0. The first-order chi connectivity index (χ1) is 11.0. The first kappa shape index (κ1) is 19.6. The van der Waals surface area contributed by atoms with Gasteiger partial charge in [-0.15, -0.1) is 12.4 Å². The molecule has 1 amide bonds. The first-order valence-electron chi connectivity index (χ1n) is 7.45. The Balaban J connectivity index is 0.00000288. The highest BCUT2D eigenvalue weighted by Gasteiger charge is 2.06. The summed E-state index contributed by atoms with van der Waals surface area (Å²) in [5, 5.41) is 2.73. The highest BCUT2D eigenvalue weighted by molar-refractivity contribution is 5.92. The van der Waals surface area contributed by atoms with Gasteiger partial charge in [-0.1, -0.05) is 26.0 Å². The van der Waals surface area contributed by atoms with Gasteiger partial charge < -0.3 is 20.5 Å². The number of nitrogens with two attached hydrogens (primary N) is 1. The van der Waals surface area contributed by atoms with Crippen LogP contribution in [0.4, 0.5) is 11.4 Å². The molecule has 0 saturated carbocycles. The van der Waals surface area contributed by atoms with E-state index in [0.29, 0.717) is 28.8 Å². The third-order valence-electron chi connectivity index (χ3n) is 3.43. The number of nitrogen functional groups attached to an aromatic ring is 1. The van der Waals surface area contributed by atoms with Crippen molar-refractivity contribution >= 4 is 29.7 Å². The first-order valence-corrected chi connectivity index (χ1v) is 7.45. The lowest BCUT2D eigenvalue weighted by Gasteiger charge is -2.10. The van der Waals surface area contributed by atoms with E-state index >= 15 is 0 Å². The summed E-state index contributed by atoms with van der Waals surface area (Å²) in [5.74, 6) is 1.46. The maximum atomic E-state index is 11.9. The molecule has 0 fully saturated rings. The van der Waals surface area contributed by atoms with Gasteiger partial charge in [0, 0.05) is 5.69 Å². The summed E-state index contributed by atoms with van der Waals surface area (Å²) in [7, 11) is 1.54. The van der Waals surface area contributed by atoms with E-state index in [1.54, 1.807) is 25.3 Å². The standard InChI is InChI=1S/C18H22N2O3.ClH/c1-12(2)13-4-7-15(8-5-13)23-11-18(21)20-14-6-9-17(22-3)16(19)10-14;/h4-10,12H,11,19H2,1-3H3,(H,20,21);1H. The number of anilines is 2. The Morgan fingerprint density at radius 2 is 1.83 bits per heavy atom. The Bertz CT molecular complexity index is 672. The topological polar surface area (TPSA) is 73.6 Å². The number of hydrogen-bond acceptors (Lipinski definition) is 4. The van der Waals surface area contributed by atoms with Crippen LogP contribution in [0.1, 0.15) is 25.3 Å². The van der Waals surface area contributed by atoms with Gasteiger partial charge in [-0.05, 0) is 41.8 Å². The zero-order chi connectivity index (χ0) is 16.8. The quantitative estimate of drug-likeness (QED) is 0.776. The lowest BCUT2D eigenvalue weighted by molar-refractivity contribution is -0.118. The zero-order valence-electron chi connectivity index (χ0n) is 14.0. The van der Waals surface area contributed by atoms with E-state index < -0.39 is 0 Å². The molecule has 0 aliphatic heterocycles. The second-order valence-electron chi connectivity index (χ2n) is 5.52. The molecule has 6 heteroatoms. The predicted molar refractivity (Wildman–Crippen MR) is 99.3 cm³/mol. The molecule has 3 N–H and O–H groups in total. The lowest BCUT2D eigenvalue weighted by Crippen LogP contribution is -2.20. The fourth-order valence-electron chi connectivity index (χ4n) is 2.11. The molecule has 130 valence electrons. The molecule has 24 heavy (non-hydrogen) atoms. The van der Waals surface area contributed by atoms with Crippen LogP contribution >= 0.6 is 12.4 Å². The van der Waals surface area contributed by atoms with E-state index in [1.165, 1.54) is 5.56 Å². The Kier molecular flexibility index (Phi) is 7.39. The van der Waals surface area contributed by atoms with E-state index in [-0.39, 0.29) is 24.9 Å². The molecular formula is C18H23ClN2O3.